The first-order valence-corrected chi connectivity index (χ1v) is 14.0. The molecule has 0 radical (unpaired) electrons. The topological polar surface area (TPSA) is 20.2 Å². The summed E-state index contributed by atoms with van der Waals surface area (Å²) in [5.41, 5.74) is 7.36. The normalized spacial score (nSPS) is 14.5. The van der Waals surface area contributed by atoms with Crippen LogP contribution in [0.5, 0.6) is 5.75 Å². The van der Waals surface area contributed by atoms with Crippen LogP contribution in [0.15, 0.2) is 65.3 Å². The van der Waals surface area contributed by atoms with Gasteiger partial charge in [0.05, 0.1) is 0 Å². The van der Waals surface area contributed by atoms with Crippen molar-refractivity contribution >= 4 is 18.6 Å². The van der Waals surface area contributed by atoms with E-state index in [1.54, 1.807) is 0 Å². The van der Waals surface area contributed by atoms with Gasteiger partial charge in [0.2, 0.25) is 0 Å². The van der Waals surface area contributed by atoms with Gasteiger partial charge < -0.3 is 5.11 Å². The maximum atomic E-state index is 10.2. The van der Waals surface area contributed by atoms with Crippen molar-refractivity contribution in [3.05, 3.63) is 76.9 Å². The number of hydrogen-bond donors (Lipinski definition) is 1. The number of phenols is 1. The number of rotatable bonds is 2. The molecule has 3 rings (SSSR count). The van der Waals surface area contributed by atoms with Gasteiger partial charge in [-0.3, -0.25) is 6.08 Å². The van der Waals surface area contributed by atoms with Gasteiger partial charge >= 0.3 is 35.6 Å². The summed E-state index contributed by atoms with van der Waals surface area (Å²) in [5, 5.41) is 10.2. The standard InChI is InChI=1S/C15H16O.C10H15.2ClH.Ti/c1-11(2)13-9-6-10-14(15(13)16)12-7-4-3-5-8-12;1-7-6-10(4,5)9(3)8(7)2;;;/h3-11,16H,1-2H3;1-5H3;2*1H;/q;-1;;;+2/p-2. The Morgan fingerprint density at radius 2 is 1.48 bits per heavy atom. The number of halogens is 2. The van der Waals surface area contributed by atoms with Crippen LogP contribution >= 0.6 is 18.6 Å². The number of allylic oxidation sites excluding steroid dienone is 4. The maximum absolute atomic E-state index is 10.2. The van der Waals surface area contributed by atoms with Crippen LogP contribution in [-0.2, 0) is 17.0 Å². The SMILES string of the molecule is CC(C)c1cccc(-c2ccccc2)c1O.CC1=[C-]C(C)(C)C(C)=C1C.[Cl][Ti][Cl]. The summed E-state index contributed by atoms with van der Waals surface area (Å²) in [7, 11) is 9.78. The molecule has 0 aromatic heterocycles. The molecule has 29 heavy (non-hydrogen) atoms. The van der Waals surface area contributed by atoms with E-state index in [2.05, 4.69) is 54.5 Å². The van der Waals surface area contributed by atoms with Crippen molar-refractivity contribution in [1.82, 2.24) is 0 Å². The predicted octanol–water partition coefficient (Wildman–Crippen LogP) is 8.67. The zero-order chi connectivity index (χ0) is 22.2. The molecular weight excluding hydrogens is 435 g/mol. The molecule has 0 fully saturated rings. The van der Waals surface area contributed by atoms with Gasteiger partial charge in [-0.25, -0.2) is 5.57 Å². The zero-order valence-electron chi connectivity index (χ0n) is 18.4. The predicted molar refractivity (Wildman–Crippen MR) is 124 cm³/mol. The molecule has 4 heteroatoms. The molecule has 0 heterocycles. The van der Waals surface area contributed by atoms with E-state index >= 15 is 0 Å². The van der Waals surface area contributed by atoms with Crippen molar-refractivity contribution in [2.75, 3.05) is 0 Å². The molecule has 0 unspecified atom stereocenters. The van der Waals surface area contributed by atoms with Gasteiger partial charge in [0.25, 0.3) is 0 Å². The van der Waals surface area contributed by atoms with Gasteiger partial charge in [0.15, 0.2) is 0 Å². The molecule has 0 spiro atoms. The molecule has 0 aliphatic heterocycles. The van der Waals surface area contributed by atoms with E-state index < -0.39 is 17.0 Å². The Morgan fingerprint density at radius 1 is 0.931 bits per heavy atom. The van der Waals surface area contributed by atoms with Crippen LogP contribution in [0.4, 0.5) is 0 Å². The van der Waals surface area contributed by atoms with Crippen LogP contribution < -0.4 is 0 Å². The molecule has 0 saturated heterocycles. The number of phenolic OH excluding ortho intramolecular Hbond substituents is 1. The van der Waals surface area contributed by atoms with Crippen molar-refractivity contribution in [2.45, 2.75) is 54.4 Å². The van der Waals surface area contributed by atoms with Crippen molar-refractivity contribution in [3.63, 3.8) is 0 Å². The molecule has 2 aromatic rings. The monoisotopic (exact) mass is 465 g/mol. The number of benzene rings is 2. The van der Waals surface area contributed by atoms with Gasteiger partial charge in [0, 0.05) is 5.56 Å². The van der Waals surface area contributed by atoms with E-state index in [9.17, 15) is 5.11 Å². The van der Waals surface area contributed by atoms with Crippen LogP contribution in [0.1, 0.15) is 59.9 Å². The summed E-state index contributed by atoms with van der Waals surface area (Å²) < 4.78 is 0. The molecule has 156 valence electrons. The summed E-state index contributed by atoms with van der Waals surface area (Å²) in [5.74, 6) is 0.743. The van der Waals surface area contributed by atoms with Gasteiger partial charge in [-0.2, -0.15) is 11.1 Å². The quantitative estimate of drug-likeness (QED) is 0.347. The number of hydrogen-bond acceptors (Lipinski definition) is 1. The van der Waals surface area contributed by atoms with Gasteiger partial charge in [0.1, 0.15) is 5.75 Å². The van der Waals surface area contributed by atoms with E-state index in [4.69, 9.17) is 18.6 Å². The Balaban J connectivity index is 0.000000277. The molecule has 2 aromatic carbocycles. The molecular formula is C25H31Cl2OTi-. The van der Waals surface area contributed by atoms with Crippen molar-refractivity contribution in [2.24, 2.45) is 5.41 Å². The van der Waals surface area contributed by atoms with Crippen molar-refractivity contribution in [1.29, 1.82) is 0 Å². The molecule has 0 bridgehead atoms. The third-order valence-electron chi connectivity index (χ3n) is 5.34. The fourth-order valence-electron chi connectivity index (χ4n) is 3.28. The van der Waals surface area contributed by atoms with Crippen LogP contribution in [0, 0.1) is 11.5 Å². The van der Waals surface area contributed by atoms with E-state index in [0.717, 1.165) is 16.7 Å². The Bertz CT molecular complexity index is 852. The van der Waals surface area contributed by atoms with Gasteiger partial charge in [-0.1, -0.05) is 95.5 Å². The minimum atomic E-state index is -0.556. The summed E-state index contributed by atoms with van der Waals surface area (Å²) in [6.07, 6.45) is 3.44. The molecule has 1 N–H and O–H groups in total. The average Bonchev–Trinajstić information content (AvgIpc) is 2.85. The Labute approximate surface area is 193 Å². The minimum absolute atomic E-state index is 0.189. The van der Waals surface area contributed by atoms with Gasteiger partial charge in [-0.05, 0) is 17.0 Å². The van der Waals surface area contributed by atoms with E-state index in [1.807, 2.05) is 48.5 Å². The van der Waals surface area contributed by atoms with E-state index in [0.29, 0.717) is 11.7 Å². The summed E-state index contributed by atoms with van der Waals surface area (Å²) in [4.78, 5) is 0. The van der Waals surface area contributed by atoms with Crippen LogP contribution in [0.2, 0.25) is 0 Å². The molecule has 0 amide bonds. The second-order valence-electron chi connectivity index (χ2n) is 7.96. The summed E-state index contributed by atoms with van der Waals surface area (Å²) >= 11 is -0.556. The van der Waals surface area contributed by atoms with Crippen molar-refractivity contribution in [3.8, 4) is 16.9 Å². The first kappa shape index (κ1) is 26.0. The Morgan fingerprint density at radius 3 is 1.86 bits per heavy atom. The number of para-hydroxylation sites is 1. The Hall–Kier alpha value is -0.986. The summed E-state index contributed by atoms with van der Waals surface area (Å²) in [6.45, 7) is 15.1. The second-order valence-corrected chi connectivity index (χ2v) is 10.5. The van der Waals surface area contributed by atoms with Crippen molar-refractivity contribution < 1.29 is 22.1 Å². The third kappa shape index (κ3) is 7.33. The third-order valence-corrected chi connectivity index (χ3v) is 5.34. The number of aromatic hydroxyl groups is 1. The Kier molecular flexibility index (Phi) is 10.8. The fraction of sp³-hybridized carbons (Fsp3) is 0.360. The van der Waals surface area contributed by atoms with Crippen LogP contribution in [-0.4, -0.2) is 5.11 Å². The first-order chi connectivity index (χ1) is 13.6. The second kappa shape index (κ2) is 12.0. The molecule has 1 nitrogen and oxygen atoms in total. The molecule has 0 saturated carbocycles. The van der Waals surface area contributed by atoms with Crippen LogP contribution in [0.3, 0.4) is 0 Å². The fourth-order valence-corrected chi connectivity index (χ4v) is 3.28. The summed E-state index contributed by atoms with van der Waals surface area (Å²) in [6, 6.07) is 15.9. The first-order valence-electron chi connectivity index (χ1n) is 9.70. The van der Waals surface area contributed by atoms with Crippen LogP contribution in [0.25, 0.3) is 11.1 Å². The van der Waals surface area contributed by atoms with Gasteiger partial charge in [-0.15, -0.1) is 6.92 Å². The molecule has 1 aliphatic carbocycles. The molecule has 0 atom stereocenters. The zero-order valence-corrected chi connectivity index (χ0v) is 21.5. The van der Waals surface area contributed by atoms with E-state index in [1.165, 1.54) is 16.7 Å². The average molecular weight is 466 g/mol. The molecule has 1 aliphatic rings. The van der Waals surface area contributed by atoms with E-state index in [-0.39, 0.29) is 5.41 Å².